The monoisotopic (exact) mass is 419 g/mol. The first kappa shape index (κ1) is 20.8. The Bertz CT molecular complexity index is 745. The number of nitrogens with one attached hydrogen (secondary N) is 2. The second kappa shape index (κ2) is 8.19. The van der Waals surface area contributed by atoms with Gasteiger partial charge in [0.1, 0.15) is 6.04 Å². The molecule has 158 valence electrons. The van der Waals surface area contributed by atoms with Crippen LogP contribution in [-0.4, -0.2) is 83.9 Å². The first-order valence-corrected chi connectivity index (χ1v) is 10.6. The summed E-state index contributed by atoms with van der Waals surface area (Å²) in [6, 6.07) is -2.13. The highest BCUT2D eigenvalue weighted by Gasteiger charge is 2.49. The Morgan fingerprint density at radius 3 is 2.64 bits per heavy atom. The minimum Gasteiger partial charge on any atom is -0.309 e. The van der Waals surface area contributed by atoms with Crippen LogP contribution < -0.4 is 10.9 Å². The number of amides is 4. The zero-order chi connectivity index (χ0) is 20.5. The lowest BCUT2D eigenvalue weighted by Crippen LogP contribution is -2.54. The molecule has 0 aromatic rings. The van der Waals surface area contributed by atoms with Crippen molar-refractivity contribution in [1.29, 1.82) is 0 Å². The Morgan fingerprint density at radius 1 is 1.21 bits per heavy atom. The molecule has 0 radical (unpaired) electrons. The van der Waals surface area contributed by atoms with Gasteiger partial charge in [0, 0.05) is 19.0 Å². The summed E-state index contributed by atoms with van der Waals surface area (Å²) in [7, 11) is -2.87. The van der Waals surface area contributed by atoms with E-state index in [2.05, 4.69) is 20.0 Å². The zero-order valence-electron chi connectivity index (χ0n) is 15.5. The van der Waals surface area contributed by atoms with Crippen LogP contribution in [0.2, 0.25) is 0 Å². The second-order valence-electron chi connectivity index (χ2n) is 7.38. The van der Waals surface area contributed by atoms with E-state index in [9.17, 15) is 22.8 Å². The zero-order valence-corrected chi connectivity index (χ0v) is 16.4. The van der Waals surface area contributed by atoms with Crippen molar-refractivity contribution in [2.75, 3.05) is 20.1 Å². The summed E-state index contributed by atoms with van der Waals surface area (Å²) >= 11 is 0. The van der Waals surface area contributed by atoms with Crippen LogP contribution in [-0.2, 0) is 24.3 Å². The Kier molecular flexibility index (Phi) is 6.07. The fraction of sp³-hybridized carbons (Fsp3) is 0.800. The van der Waals surface area contributed by atoms with Gasteiger partial charge in [-0.05, 0) is 39.3 Å². The van der Waals surface area contributed by atoms with Crippen LogP contribution in [0.3, 0.4) is 0 Å². The van der Waals surface area contributed by atoms with Crippen molar-refractivity contribution in [3.05, 3.63) is 0 Å². The maximum atomic E-state index is 12.4. The molecule has 0 saturated carbocycles. The van der Waals surface area contributed by atoms with Gasteiger partial charge in [0.15, 0.2) is 0 Å². The fourth-order valence-corrected chi connectivity index (χ4v) is 4.37. The first-order valence-electron chi connectivity index (χ1n) is 9.21. The lowest BCUT2D eigenvalue weighted by atomic mass is 10.00. The predicted molar refractivity (Wildman–Crippen MR) is 94.6 cm³/mol. The molecule has 3 atom stereocenters. The summed E-state index contributed by atoms with van der Waals surface area (Å²) < 4.78 is 34.9. The van der Waals surface area contributed by atoms with E-state index in [1.807, 2.05) is 7.05 Å². The summed E-state index contributed by atoms with van der Waals surface area (Å²) in [5.41, 5.74) is 4.73. The lowest BCUT2D eigenvalue weighted by Gasteiger charge is -2.32. The van der Waals surface area contributed by atoms with E-state index in [0.29, 0.717) is 11.5 Å². The molecule has 4 amide bonds. The highest BCUT2D eigenvalue weighted by molar-refractivity contribution is 7.80. The molecule has 3 aliphatic heterocycles. The fourth-order valence-electron chi connectivity index (χ4n) is 3.99. The molecule has 1 unspecified atom stereocenters. The van der Waals surface area contributed by atoms with Crippen molar-refractivity contribution >= 4 is 28.2 Å². The van der Waals surface area contributed by atoms with Gasteiger partial charge in [-0.1, -0.05) is 6.42 Å². The van der Waals surface area contributed by atoms with Crippen molar-refractivity contribution in [3.63, 3.8) is 0 Å². The van der Waals surface area contributed by atoms with Crippen LogP contribution in [0.1, 0.15) is 38.5 Å². The molecule has 2 bridgehead atoms. The Balaban J connectivity index is 1.51. The van der Waals surface area contributed by atoms with E-state index in [0.717, 1.165) is 30.7 Å². The standard InChI is InChI=1S/C15H25N5O7S/c1-18-7-3-2-4-10(18)8-13(21)16-17-14(22)12-6-5-11-9-19(12)15(23)20(11)27-28(24,25)26/h10-12H,2-9H2,1H3,(H,16,21)(H,17,22)(H,24,25,26)/t10?,11-,12+/m1/s1. The number of hydroxylamine groups is 2. The summed E-state index contributed by atoms with van der Waals surface area (Å²) in [6.45, 7) is 1.03. The number of urea groups is 1. The molecule has 0 spiro atoms. The van der Waals surface area contributed by atoms with Crippen LogP contribution in [0.25, 0.3) is 0 Å². The highest BCUT2D eigenvalue weighted by Crippen LogP contribution is 2.30. The quantitative estimate of drug-likeness (QED) is 0.380. The summed E-state index contributed by atoms with van der Waals surface area (Å²) in [5, 5.41) is 0.570. The van der Waals surface area contributed by atoms with Gasteiger partial charge in [0.25, 0.3) is 5.91 Å². The molecule has 12 nitrogen and oxygen atoms in total. The summed E-state index contributed by atoms with van der Waals surface area (Å²) in [6.07, 6.45) is 3.95. The third-order valence-electron chi connectivity index (χ3n) is 5.47. The van der Waals surface area contributed by atoms with Crippen molar-refractivity contribution < 1.29 is 31.6 Å². The van der Waals surface area contributed by atoms with E-state index in [-0.39, 0.29) is 31.3 Å². The Hall–Kier alpha value is -1.96. The van der Waals surface area contributed by atoms with E-state index in [1.54, 1.807) is 0 Å². The molecule has 3 heterocycles. The van der Waals surface area contributed by atoms with Crippen molar-refractivity contribution in [2.45, 2.75) is 56.7 Å². The minimum atomic E-state index is -4.84. The average molecular weight is 419 g/mol. The molecule has 3 rings (SSSR count). The number of hydrazine groups is 1. The van der Waals surface area contributed by atoms with Gasteiger partial charge in [0.2, 0.25) is 5.91 Å². The SMILES string of the molecule is CN1CCCCC1CC(=O)NNC(=O)[C@@H]1CC[C@@H]2CN1C(=O)N2OS(=O)(=O)O. The second-order valence-corrected chi connectivity index (χ2v) is 8.39. The molecule has 3 N–H and O–H groups in total. The van der Waals surface area contributed by atoms with Gasteiger partial charge in [-0.15, -0.1) is 4.28 Å². The number of carbonyl (C=O) groups excluding carboxylic acids is 3. The van der Waals surface area contributed by atoms with Crippen molar-refractivity contribution in [2.24, 2.45) is 0 Å². The van der Waals surface area contributed by atoms with Gasteiger partial charge >= 0.3 is 16.4 Å². The number of hydrogen-bond acceptors (Lipinski definition) is 7. The molecule has 28 heavy (non-hydrogen) atoms. The average Bonchev–Trinajstić information content (AvgIpc) is 2.85. The number of rotatable bonds is 5. The topological polar surface area (TPSA) is 149 Å². The molecular weight excluding hydrogens is 394 g/mol. The molecule has 3 aliphatic rings. The molecule has 3 saturated heterocycles. The number of carbonyl (C=O) groups is 3. The molecule has 3 fully saturated rings. The smallest absolute Gasteiger partial charge is 0.309 e. The van der Waals surface area contributed by atoms with E-state index in [4.69, 9.17) is 4.55 Å². The van der Waals surface area contributed by atoms with Gasteiger partial charge in [0.05, 0.1) is 6.04 Å². The summed E-state index contributed by atoms with van der Waals surface area (Å²) in [5.74, 6) is -0.879. The van der Waals surface area contributed by atoms with E-state index in [1.165, 1.54) is 0 Å². The largest absolute Gasteiger partial charge is 0.418 e. The third-order valence-corrected chi connectivity index (χ3v) is 5.82. The van der Waals surface area contributed by atoms with Crippen LogP contribution in [0, 0.1) is 0 Å². The van der Waals surface area contributed by atoms with Crippen molar-refractivity contribution in [1.82, 2.24) is 25.7 Å². The maximum Gasteiger partial charge on any atom is 0.418 e. The number of likely N-dealkylation sites (tertiary alicyclic amines) is 1. The lowest BCUT2D eigenvalue weighted by molar-refractivity contribution is -0.132. The van der Waals surface area contributed by atoms with Gasteiger partial charge in [-0.3, -0.25) is 25.0 Å². The first-order chi connectivity index (χ1) is 13.2. The van der Waals surface area contributed by atoms with Crippen LogP contribution in [0.5, 0.6) is 0 Å². The highest BCUT2D eigenvalue weighted by atomic mass is 32.3. The maximum absolute atomic E-state index is 12.4. The number of nitrogens with zero attached hydrogens (tertiary/aromatic N) is 3. The van der Waals surface area contributed by atoms with Crippen molar-refractivity contribution in [3.8, 4) is 0 Å². The van der Waals surface area contributed by atoms with Crippen LogP contribution in [0.15, 0.2) is 0 Å². The Morgan fingerprint density at radius 2 is 1.96 bits per heavy atom. The van der Waals surface area contributed by atoms with E-state index >= 15 is 0 Å². The molecule has 0 aliphatic carbocycles. The summed E-state index contributed by atoms with van der Waals surface area (Å²) in [4.78, 5) is 40.1. The number of fused-ring (bicyclic) bond motifs is 2. The Labute approximate surface area is 163 Å². The third kappa shape index (κ3) is 4.71. The molecule has 13 heteroatoms. The van der Waals surface area contributed by atoms with Crippen LogP contribution >= 0.6 is 0 Å². The normalized spacial score (nSPS) is 28.4. The molecule has 0 aromatic carbocycles. The number of piperidine rings is 2. The van der Waals surface area contributed by atoms with E-state index < -0.39 is 34.4 Å². The minimum absolute atomic E-state index is 0.0905. The number of hydrogen-bond donors (Lipinski definition) is 3. The predicted octanol–water partition coefficient (Wildman–Crippen LogP) is -0.989. The van der Waals surface area contributed by atoms with Gasteiger partial charge < -0.3 is 9.80 Å². The van der Waals surface area contributed by atoms with Gasteiger partial charge in [-0.25, -0.2) is 4.79 Å². The van der Waals surface area contributed by atoms with Crippen LogP contribution in [0.4, 0.5) is 4.79 Å². The van der Waals surface area contributed by atoms with Gasteiger partial charge in [-0.2, -0.15) is 13.5 Å². The molecular formula is C15H25N5O7S. The molecule has 0 aromatic heterocycles.